The van der Waals surface area contributed by atoms with Crippen molar-refractivity contribution in [2.75, 3.05) is 20.4 Å². The molecule has 0 bridgehead atoms. The predicted octanol–water partition coefficient (Wildman–Crippen LogP) is 3.33. The minimum Gasteiger partial charge on any atom is -0.502 e. The van der Waals surface area contributed by atoms with Gasteiger partial charge in [-0.25, -0.2) is 0 Å². The molecule has 1 atom stereocenters. The van der Waals surface area contributed by atoms with Crippen molar-refractivity contribution < 1.29 is 28.5 Å². The minimum absolute atomic E-state index is 0.0316. The summed E-state index contributed by atoms with van der Waals surface area (Å²) < 4.78 is 21.8. The van der Waals surface area contributed by atoms with E-state index < -0.39 is 23.1 Å². The quantitative estimate of drug-likeness (QED) is 0.556. The summed E-state index contributed by atoms with van der Waals surface area (Å²) in [6, 6.07) is 14.8. The number of ether oxygens (including phenoxy) is 3. The van der Waals surface area contributed by atoms with Crippen LogP contribution >= 0.6 is 0 Å². The van der Waals surface area contributed by atoms with Gasteiger partial charge in [0.05, 0.1) is 26.0 Å². The number of rotatable bonds is 6. The molecule has 8 heteroatoms. The smallest absolute Gasteiger partial charge is 0.306 e. The molecule has 8 nitrogen and oxygen atoms in total. The van der Waals surface area contributed by atoms with Crippen LogP contribution < -0.4 is 14.9 Å². The summed E-state index contributed by atoms with van der Waals surface area (Å²) in [4.78, 5) is 27.1. The molecule has 0 radical (unpaired) electrons. The van der Waals surface area contributed by atoms with E-state index in [-0.39, 0.29) is 19.0 Å². The van der Waals surface area contributed by atoms with Crippen molar-refractivity contribution in [3.63, 3.8) is 0 Å². The van der Waals surface area contributed by atoms with Crippen LogP contribution in [-0.4, -0.2) is 36.4 Å². The SMILES string of the molecule is COC(=O)C[C@H](c1ccc2c(c1)OCO2)c1oc(CN2CCc3ccccc3C2)cc(=O)c1O. The highest BCUT2D eigenvalue weighted by atomic mass is 16.7. The first-order chi connectivity index (χ1) is 16.5. The average Bonchev–Trinajstić information content (AvgIpc) is 3.32. The molecule has 0 spiro atoms. The van der Waals surface area contributed by atoms with Gasteiger partial charge < -0.3 is 23.7 Å². The second kappa shape index (κ2) is 9.23. The van der Waals surface area contributed by atoms with Crippen LogP contribution in [0.2, 0.25) is 0 Å². The first-order valence-corrected chi connectivity index (χ1v) is 11.1. The molecule has 1 N–H and O–H groups in total. The van der Waals surface area contributed by atoms with E-state index in [9.17, 15) is 14.7 Å². The van der Waals surface area contributed by atoms with Gasteiger partial charge in [0, 0.05) is 19.2 Å². The summed E-state index contributed by atoms with van der Waals surface area (Å²) >= 11 is 0. The molecule has 1 aromatic heterocycles. The summed E-state index contributed by atoms with van der Waals surface area (Å²) in [6.45, 7) is 2.08. The van der Waals surface area contributed by atoms with Gasteiger partial charge in [-0.05, 0) is 35.2 Å². The van der Waals surface area contributed by atoms with Gasteiger partial charge in [0.25, 0.3) is 0 Å². The second-order valence-electron chi connectivity index (χ2n) is 8.46. The lowest BCUT2D eigenvalue weighted by Crippen LogP contribution is -2.30. The zero-order valence-corrected chi connectivity index (χ0v) is 18.8. The van der Waals surface area contributed by atoms with E-state index in [1.807, 2.05) is 12.1 Å². The molecule has 34 heavy (non-hydrogen) atoms. The summed E-state index contributed by atoms with van der Waals surface area (Å²) in [7, 11) is 1.29. The number of esters is 1. The zero-order valence-electron chi connectivity index (χ0n) is 18.8. The number of methoxy groups -OCH3 is 1. The van der Waals surface area contributed by atoms with Crippen molar-refractivity contribution in [1.82, 2.24) is 4.90 Å². The van der Waals surface area contributed by atoms with E-state index in [1.165, 1.54) is 24.3 Å². The highest BCUT2D eigenvalue weighted by Gasteiger charge is 2.29. The standard InChI is InChI=1S/C26H25NO7/c1-31-24(29)12-20(17-6-7-22-23(10-17)33-15-32-22)26-25(30)21(28)11-19(34-26)14-27-9-8-16-4-2-3-5-18(16)13-27/h2-7,10-11,20,30H,8-9,12-15H2,1H3/t20-/m1/s1. The summed E-state index contributed by atoms with van der Waals surface area (Å²) in [5.74, 6) is -0.182. The van der Waals surface area contributed by atoms with Gasteiger partial charge >= 0.3 is 5.97 Å². The highest BCUT2D eigenvalue weighted by molar-refractivity contribution is 5.71. The van der Waals surface area contributed by atoms with Crippen LogP contribution in [0.1, 0.15) is 40.5 Å². The summed E-state index contributed by atoms with van der Waals surface area (Å²) in [5.41, 5.74) is 2.66. The maximum atomic E-state index is 12.7. The Morgan fingerprint density at radius 3 is 2.74 bits per heavy atom. The van der Waals surface area contributed by atoms with Crippen molar-refractivity contribution >= 4 is 5.97 Å². The third-order valence-electron chi connectivity index (χ3n) is 6.30. The van der Waals surface area contributed by atoms with Gasteiger partial charge in [-0.2, -0.15) is 0 Å². The van der Waals surface area contributed by atoms with E-state index in [2.05, 4.69) is 17.0 Å². The Morgan fingerprint density at radius 1 is 1.12 bits per heavy atom. The molecule has 0 amide bonds. The van der Waals surface area contributed by atoms with Gasteiger partial charge in [0.2, 0.25) is 18.0 Å². The van der Waals surface area contributed by atoms with Crippen LogP contribution in [0.15, 0.2) is 57.7 Å². The zero-order chi connectivity index (χ0) is 23.7. The Kier molecular flexibility index (Phi) is 5.98. The van der Waals surface area contributed by atoms with Crippen molar-refractivity contribution in [2.45, 2.75) is 31.8 Å². The fraction of sp³-hybridized carbons (Fsp3) is 0.308. The molecular formula is C26H25NO7. The fourth-order valence-corrected chi connectivity index (χ4v) is 4.52. The predicted molar refractivity (Wildman–Crippen MR) is 122 cm³/mol. The number of nitrogens with zero attached hydrogens (tertiary/aromatic N) is 1. The van der Waals surface area contributed by atoms with Gasteiger partial charge in [-0.1, -0.05) is 30.3 Å². The maximum absolute atomic E-state index is 12.7. The lowest BCUT2D eigenvalue weighted by molar-refractivity contribution is -0.140. The highest BCUT2D eigenvalue weighted by Crippen LogP contribution is 2.39. The number of aromatic hydroxyl groups is 1. The second-order valence-corrected chi connectivity index (χ2v) is 8.46. The normalized spacial score (nSPS) is 15.6. The topological polar surface area (TPSA) is 98.4 Å². The monoisotopic (exact) mass is 463 g/mol. The van der Waals surface area contributed by atoms with Gasteiger partial charge in [-0.3, -0.25) is 14.5 Å². The first-order valence-electron chi connectivity index (χ1n) is 11.1. The number of fused-ring (bicyclic) bond motifs is 2. The third-order valence-corrected chi connectivity index (χ3v) is 6.30. The third kappa shape index (κ3) is 4.36. The van der Waals surface area contributed by atoms with E-state index in [0.29, 0.717) is 29.4 Å². The summed E-state index contributed by atoms with van der Waals surface area (Å²) in [6.07, 6.45) is 0.792. The lowest BCUT2D eigenvalue weighted by Gasteiger charge is -2.28. The van der Waals surface area contributed by atoms with E-state index >= 15 is 0 Å². The fourth-order valence-electron chi connectivity index (χ4n) is 4.52. The molecule has 176 valence electrons. The largest absolute Gasteiger partial charge is 0.502 e. The summed E-state index contributed by atoms with van der Waals surface area (Å²) in [5, 5.41) is 10.6. The molecule has 2 aliphatic rings. The number of benzene rings is 2. The molecule has 2 aromatic carbocycles. The number of carbonyl (C=O) groups is 1. The van der Waals surface area contributed by atoms with Gasteiger partial charge in [0.1, 0.15) is 5.76 Å². The molecule has 0 saturated heterocycles. The van der Waals surface area contributed by atoms with Crippen LogP contribution in [0.25, 0.3) is 0 Å². The Balaban J connectivity index is 1.48. The molecule has 5 rings (SSSR count). The molecule has 0 unspecified atom stereocenters. The Labute approximate surface area is 196 Å². The van der Waals surface area contributed by atoms with Crippen molar-refractivity contribution in [2.24, 2.45) is 0 Å². The lowest BCUT2D eigenvalue weighted by atomic mass is 9.92. The van der Waals surface area contributed by atoms with Crippen LogP contribution in [-0.2, 0) is 29.0 Å². The maximum Gasteiger partial charge on any atom is 0.306 e. The van der Waals surface area contributed by atoms with Crippen molar-refractivity contribution in [1.29, 1.82) is 0 Å². The molecule has 0 saturated carbocycles. The number of hydrogen-bond acceptors (Lipinski definition) is 8. The van der Waals surface area contributed by atoms with Crippen LogP contribution in [0, 0.1) is 0 Å². The number of carbonyl (C=O) groups excluding carboxylic acids is 1. The molecule has 2 aliphatic heterocycles. The van der Waals surface area contributed by atoms with Crippen LogP contribution in [0.5, 0.6) is 17.2 Å². The molecular weight excluding hydrogens is 438 g/mol. The molecule has 3 aromatic rings. The van der Waals surface area contributed by atoms with Crippen molar-refractivity contribution in [3.8, 4) is 17.2 Å². The Bertz CT molecular complexity index is 1280. The van der Waals surface area contributed by atoms with E-state index in [4.69, 9.17) is 18.6 Å². The van der Waals surface area contributed by atoms with Crippen LogP contribution in [0.3, 0.4) is 0 Å². The Morgan fingerprint density at radius 2 is 1.91 bits per heavy atom. The molecule has 0 fully saturated rings. The van der Waals surface area contributed by atoms with Crippen molar-refractivity contribution in [3.05, 3.63) is 87.0 Å². The van der Waals surface area contributed by atoms with Gasteiger partial charge in [-0.15, -0.1) is 0 Å². The Hall–Kier alpha value is -3.78. The number of hydrogen-bond donors (Lipinski definition) is 1. The molecule has 0 aliphatic carbocycles. The van der Waals surface area contributed by atoms with E-state index in [1.54, 1.807) is 18.2 Å². The average molecular weight is 463 g/mol. The van der Waals surface area contributed by atoms with E-state index in [0.717, 1.165) is 19.5 Å². The van der Waals surface area contributed by atoms with Gasteiger partial charge in [0.15, 0.2) is 17.3 Å². The minimum atomic E-state index is -0.739. The first kappa shape index (κ1) is 22.0. The van der Waals surface area contributed by atoms with Crippen LogP contribution in [0.4, 0.5) is 0 Å². The molecule has 3 heterocycles.